The summed E-state index contributed by atoms with van der Waals surface area (Å²) in [7, 11) is 0. The molecule has 0 saturated carbocycles. The number of amides is 1. The van der Waals surface area contributed by atoms with Gasteiger partial charge in [-0.25, -0.2) is 4.79 Å². The zero-order chi connectivity index (χ0) is 15.7. The number of hydrogen-bond donors (Lipinski definition) is 3. The lowest BCUT2D eigenvalue weighted by atomic mass is 9.92. The number of esters is 1. The Bertz CT molecular complexity index is 624. The van der Waals surface area contributed by atoms with Gasteiger partial charge in [-0.3, -0.25) is 9.59 Å². The molecule has 0 spiro atoms. The number of hydrogen-bond acceptors (Lipinski definition) is 6. The quantitative estimate of drug-likeness (QED) is 0.535. The highest BCUT2D eigenvalue weighted by Crippen LogP contribution is 2.34. The lowest BCUT2D eigenvalue weighted by Gasteiger charge is -2.20. The van der Waals surface area contributed by atoms with Gasteiger partial charge in [0.2, 0.25) is 0 Å². The second-order valence-electron chi connectivity index (χ2n) is 4.64. The van der Waals surface area contributed by atoms with Crippen LogP contribution in [0.25, 0.3) is 0 Å². The second-order valence-corrected chi connectivity index (χ2v) is 4.64. The molecule has 2 rings (SSSR count). The van der Waals surface area contributed by atoms with Crippen molar-refractivity contribution in [2.45, 2.75) is 26.1 Å². The Morgan fingerprint density at radius 3 is 2.62 bits per heavy atom. The molecule has 1 aliphatic rings. The van der Waals surface area contributed by atoms with Crippen molar-refractivity contribution < 1.29 is 29.3 Å². The van der Waals surface area contributed by atoms with Crippen LogP contribution in [0.5, 0.6) is 0 Å². The Morgan fingerprint density at radius 1 is 1.33 bits per heavy atom. The molecule has 0 aromatic heterocycles. The fourth-order valence-corrected chi connectivity index (χ4v) is 2.26. The van der Waals surface area contributed by atoms with Crippen molar-refractivity contribution >= 4 is 23.3 Å². The molecule has 0 saturated heterocycles. The monoisotopic (exact) mass is 293 g/mol. The highest BCUT2D eigenvalue weighted by Gasteiger charge is 2.37. The summed E-state index contributed by atoms with van der Waals surface area (Å²) < 4.78 is 4.64. The largest absolute Gasteiger partial charge is 0.464 e. The third-order valence-electron chi connectivity index (χ3n) is 3.27. The molecule has 1 aromatic carbocycles. The molecule has 0 radical (unpaired) electrons. The fourth-order valence-electron chi connectivity index (χ4n) is 2.26. The van der Waals surface area contributed by atoms with E-state index in [2.05, 4.69) is 10.1 Å². The minimum atomic E-state index is -1.83. The SMILES string of the molecule is CCOC(=O)C(O)C(O)c1c(C)ccc2c1C(=O)C(=O)N2. The van der Waals surface area contributed by atoms with Crippen molar-refractivity contribution in [1.29, 1.82) is 0 Å². The van der Waals surface area contributed by atoms with Gasteiger partial charge in [0.05, 0.1) is 17.9 Å². The first-order valence-electron chi connectivity index (χ1n) is 6.40. The molecule has 21 heavy (non-hydrogen) atoms. The number of aliphatic hydroxyl groups is 2. The molecular formula is C14H15NO6. The lowest BCUT2D eigenvalue weighted by molar-refractivity contribution is -0.159. The van der Waals surface area contributed by atoms with E-state index in [9.17, 15) is 24.6 Å². The van der Waals surface area contributed by atoms with E-state index in [0.717, 1.165) is 0 Å². The Balaban J connectivity index is 2.45. The Labute approximate surface area is 120 Å². The maximum Gasteiger partial charge on any atom is 0.338 e. The van der Waals surface area contributed by atoms with E-state index >= 15 is 0 Å². The number of ketones is 1. The number of nitrogens with one attached hydrogen (secondary N) is 1. The summed E-state index contributed by atoms with van der Waals surface area (Å²) in [6, 6.07) is 3.11. The molecule has 2 atom stereocenters. The van der Waals surface area contributed by atoms with E-state index in [1.165, 1.54) is 6.07 Å². The predicted octanol–water partition coefficient (Wildman–Crippen LogP) is 0.0872. The maximum atomic E-state index is 11.9. The number of Topliss-reactive ketones (excluding diaryl/α,β-unsaturated/α-hetero) is 1. The van der Waals surface area contributed by atoms with E-state index < -0.39 is 29.9 Å². The van der Waals surface area contributed by atoms with Crippen LogP contribution < -0.4 is 5.32 Å². The number of carbonyl (C=O) groups is 3. The van der Waals surface area contributed by atoms with Crippen molar-refractivity contribution in [2.75, 3.05) is 11.9 Å². The van der Waals surface area contributed by atoms with Crippen LogP contribution in [0.1, 0.15) is 34.5 Å². The zero-order valence-corrected chi connectivity index (χ0v) is 11.5. The molecule has 3 N–H and O–H groups in total. The van der Waals surface area contributed by atoms with Crippen molar-refractivity contribution in [3.63, 3.8) is 0 Å². The maximum absolute atomic E-state index is 11.9. The van der Waals surface area contributed by atoms with Crippen LogP contribution in [0.15, 0.2) is 12.1 Å². The van der Waals surface area contributed by atoms with Crippen LogP contribution in [0, 0.1) is 6.92 Å². The van der Waals surface area contributed by atoms with Crippen LogP contribution in [0.3, 0.4) is 0 Å². The minimum absolute atomic E-state index is 0.0177. The molecule has 7 nitrogen and oxygen atoms in total. The van der Waals surface area contributed by atoms with Gasteiger partial charge in [-0.05, 0) is 25.5 Å². The molecule has 0 fully saturated rings. The number of fused-ring (bicyclic) bond motifs is 1. The first-order chi connectivity index (χ1) is 9.88. The summed E-state index contributed by atoms with van der Waals surface area (Å²) in [4.78, 5) is 34.8. The zero-order valence-electron chi connectivity index (χ0n) is 11.5. The molecule has 7 heteroatoms. The third kappa shape index (κ3) is 2.53. The van der Waals surface area contributed by atoms with Crippen molar-refractivity contribution in [2.24, 2.45) is 0 Å². The Hall–Kier alpha value is -2.25. The number of ether oxygens (including phenoxy) is 1. The van der Waals surface area contributed by atoms with Crippen molar-refractivity contribution in [1.82, 2.24) is 0 Å². The molecule has 1 aliphatic heterocycles. The summed E-state index contributed by atoms with van der Waals surface area (Å²) in [5.41, 5.74) is 0.766. The normalized spacial score (nSPS) is 16.2. The van der Waals surface area contributed by atoms with Crippen molar-refractivity contribution in [3.05, 3.63) is 28.8 Å². The summed E-state index contributed by atoms with van der Waals surface area (Å²) in [6.07, 6.45) is -3.49. The van der Waals surface area contributed by atoms with Crippen molar-refractivity contribution in [3.8, 4) is 0 Å². The van der Waals surface area contributed by atoms with Crippen LogP contribution in [-0.2, 0) is 14.3 Å². The lowest BCUT2D eigenvalue weighted by Crippen LogP contribution is -2.31. The number of aliphatic hydroxyl groups excluding tert-OH is 2. The predicted molar refractivity (Wildman–Crippen MR) is 71.7 cm³/mol. The first-order valence-corrected chi connectivity index (χ1v) is 6.40. The number of anilines is 1. The van der Waals surface area contributed by atoms with Gasteiger partial charge in [-0.15, -0.1) is 0 Å². The van der Waals surface area contributed by atoms with E-state index in [1.54, 1.807) is 19.9 Å². The topological polar surface area (TPSA) is 113 Å². The van der Waals surface area contributed by atoms with E-state index in [4.69, 9.17) is 0 Å². The Kier molecular flexibility index (Phi) is 4.06. The van der Waals surface area contributed by atoms with Crippen LogP contribution in [0.4, 0.5) is 5.69 Å². The van der Waals surface area contributed by atoms with Crippen LogP contribution in [-0.4, -0.2) is 40.6 Å². The van der Waals surface area contributed by atoms with Gasteiger partial charge in [0.15, 0.2) is 6.10 Å². The van der Waals surface area contributed by atoms with E-state index in [1.807, 2.05) is 0 Å². The number of benzene rings is 1. The highest BCUT2D eigenvalue weighted by atomic mass is 16.5. The number of carbonyl (C=O) groups excluding carboxylic acids is 3. The number of rotatable bonds is 4. The average Bonchev–Trinajstić information content (AvgIpc) is 2.73. The molecule has 2 unspecified atom stereocenters. The smallest absolute Gasteiger partial charge is 0.338 e. The van der Waals surface area contributed by atoms with Gasteiger partial charge in [0.1, 0.15) is 6.10 Å². The van der Waals surface area contributed by atoms with Gasteiger partial charge in [0.25, 0.3) is 11.7 Å². The second kappa shape index (κ2) is 5.63. The highest BCUT2D eigenvalue weighted by molar-refractivity contribution is 6.52. The summed E-state index contributed by atoms with van der Waals surface area (Å²) >= 11 is 0. The fraction of sp³-hybridized carbons (Fsp3) is 0.357. The van der Waals surface area contributed by atoms with Gasteiger partial charge in [-0.2, -0.15) is 0 Å². The number of aryl methyl sites for hydroxylation is 1. The van der Waals surface area contributed by atoms with E-state index in [-0.39, 0.29) is 23.4 Å². The molecule has 0 bridgehead atoms. The molecule has 0 aliphatic carbocycles. The third-order valence-corrected chi connectivity index (χ3v) is 3.27. The first kappa shape index (κ1) is 15.1. The molecule has 1 amide bonds. The van der Waals surface area contributed by atoms with Gasteiger partial charge < -0.3 is 20.3 Å². The van der Waals surface area contributed by atoms with Crippen LogP contribution in [0.2, 0.25) is 0 Å². The summed E-state index contributed by atoms with van der Waals surface area (Å²) in [6.45, 7) is 3.22. The molecule has 1 aromatic rings. The molecule has 1 heterocycles. The van der Waals surface area contributed by atoms with Gasteiger partial charge >= 0.3 is 5.97 Å². The Morgan fingerprint density at radius 2 is 2.00 bits per heavy atom. The minimum Gasteiger partial charge on any atom is -0.464 e. The standard InChI is InChI=1S/C14H15NO6/c1-3-21-14(20)12(18)10(16)8-6(2)4-5-7-9(8)11(17)13(19)15-7/h4-5,10,12,16,18H,3H2,1-2H3,(H,15,17,19). The summed E-state index contributed by atoms with van der Waals surface area (Å²) in [5.74, 6) is -2.61. The van der Waals surface area contributed by atoms with Gasteiger partial charge in [0, 0.05) is 5.56 Å². The molecule has 112 valence electrons. The average molecular weight is 293 g/mol. The van der Waals surface area contributed by atoms with E-state index in [0.29, 0.717) is 5.56 Å². The van der Waals surface area contributed by atoms with Crippen LogP contribution >= 0.6 is 0 Å². The summed E-state index contributed by atoms with van der Waals surface area (Å²) in [5, 5.41) is 22.4. The van der Waals surface area contributed by atoms with Gasteiger partial charge in [-0.1, -0.05) is 6.07 Å². The molecular weight excluding hydrogens is 278 g/mol.